The Bertz CT molecular complexity index is 670. The van der Waals surface area contributed by atoms with Crippen LogP contribution >= 0.6 is 0 Å². The fourth-order valence-corrected chi connectivity index (χ4v) is 5.08. The van der Waals surface area contributed by atoms with Crippen molar-refractivity contribution in [2.45, 2.75) is 113 Å². The van der Waals surface area contributed by atoms with Crippen LogP contribution in [0.25, 0.3) is 0 Å². The average Bonchev–Trinajstić information content (AvgIpc) is 2.86. The number of aliphatic hydroxyl groups is 3. The summed E-state index contributed by atoms with van der Waals surface area (Å²) in [4.78, 5) is 0. The van der Waals surface area contributed by atoms with E-state index in [1.807, 2.05) is 0 Å². The molecule has 0 amide bonds. The third-order valence-corrected chi connectivity index (χ3v) is 7.17. The molecule has 212 valence electrons. The van der Waals surface area contributed by atoms with Crippen LogP contribution in [0, 0.1) is 0 Å². The van der Waals surface area contributed by atoms with Crippen LogP contribution in [-0.2, 0) is 47.4 Å². The summed E-state index contributed by atoms with van der Waals surface area (Å²) in [7, 11) is 7.44. The molecule has 0 saturated carbocycles. The van der Waals surface area contributed by atoms with Crippen LogP contribution < -0.4 is 0 Å². The van der Waals surface area contributed by atoms with Crippen molar-refractivity contribution in [3.8, 4) is 0 Å². The minimum absolute atomic E-state index is 0.420. The highest BCUT2D eigenvalue weighted by Gasteiger charge is 2.53. The number of ether oxygens (including phenoxy) is 10. The summed E-state index contributed by atoms with van der Waals surface area (Å²) in [5.74, 6) is 0. The maximum atomic E-state index is 11.2. The molecule has 0 aromatic rings. The van der Waals surface area contributed by atoms with Crippen LogP contribution in [-0.4, -0.2) is 143 Å². The molecule has 3 aliphatic rings. The van der Waals surface area contributed by atoms with E-state index >= 15 is 0 Å². The summed E-state index contributed by atoms with van der Waals surface area (Å²) >= 11 is 0. The Morgan fingerprint density at radius 2 is 0.861 bits per heavy atom. The molecular weight excluding hydrogens is 484 g/mol. The van der Waals surface area contributed by atoms with E-state index in [2.05, 4.69) is 0 Å². The molecule has 3 saturated heterocycles. The van der Waals surface area contributed by atoms with Gasteiger partial charge in [-0.25, -0.2) is 0 Å². The summed E-state index contributed by atoms with van der Waals surface area (Å²) in [5, 5.41) is 32.8. The molecular formula is C23H42O13. The molecule has 15 unspecified atom stereocenters. The molecule has 0 spiro atoms. The Kier molecular flexibility index (Phi) is 10.9. The van der Waals surface area contributed by atoms with E-state index in [0.717, 1.165) is 0 Å². The smallest absolute Gasteiger partial charge is 0.187 e. The first-order valence-corrected chi connectivity index (χ1v) is 12.1. The molecule has 3 aliphatic heterocycles. The first-order valence-electron chi connectivity index (χ1n) is 12.1. The van der Waals surface area contributed by atoms with E-state index < -0.39 is 92.1 Å². The van der Waals surface area contributed by atoms with Crippen LogP contribution in [0.2, 0.25) is 0 Å². The lowest BCUT2D eigenvalue weighted by molar-refractivity contribution is -0.377. The van der Waals surface area contributed by atoms with Crippen molar-refractivity contribution in [1.82, 2.24) is 0 Å². The second-order valence-electron chi connectivity index (χ2n) is 9.34. The normalized spacial score (nSPS) is 50.2. The van der Waals surface area contributed by atoms with Crippen LogP contribution in [0.4, 0.5) is 0 Å². The molecule has 3 fully saturated rings. The Hall–Kier alpha value is -0.520. The molecule has 3 rings (SSSR count). The van der Waals surface area contributed by atoms with Crippen molar-refractivity contribution in [2.24, 2.45) is 0 Å². The fourth-order valence-electron chi connectivity index (χ4n) is 5.08. The van der Waals surface area contributed by atoms with Crippen molar-refractivity contribution in [2.75, 3.05) is 35.5 Å². The van der Waals surface area contributed by atoms with Gasteiger partial charge in [0.2, 0.25) is 0 Å². The second-order valence-corrected chi connectivity index (χ2v) is 9.34. The van der Waals surface area contributed by atoms with Gasteiger partial charge in [-0.2, -0.15) is 0 Å². The number of methoxy groups -OCH3 is 5. The van der Waals surface area contributed by atoms with Gasteiger partial charge in [-0.05, 0) is 20.8 Å². The summed E-state index contributed by atoms with van der Waals surface area (Å²) in [6.45, 7) is 5.09. The van der Waals surface area contributed by atoms with Gasteiger partial charge in [0.05, 0.1) is 18.3 Å². The Morgan fingerprint density at radius 1 is 0.417 bits per heavy atom. The summed E-state index contributed by atoms with van der Waals surface area (Å²) in [6.07, 6.45) is -13.4. The van der Waals surface area contributed by atoms with Crippen molar-refractivity contribution in [3.05, 3.63) is 0 Å². The predicted molar refractivity (Wildman–Crippen MR) is 121 cm³/mol. The lowest BCUT2D eigenvalue weighted by Gasteiger charge is -2.49. The molecule has 36 heavy (non-hydrogen) atoms. The molecule has 3 N–H and O–H groups in total. The lowest BCUT2D eigenvalue weighted by atomic mass is 9.96. The van der Waals surface area contributed by atoms with Crippen molar-refractivity contribution in [3.63, 3.8) is 0 Å². The van der Waals surface area contributed by atoms with Gasteiger partial charge in [-0.1, -0.05) is 0 Å². The van der Waals surface area contributed by atoms with Gasteiger partial charge in [-0.3, -0.25) is 0 Å². The van der Waals surface area contributed by atoms with Gasteiger partial charge in [0, 0.05) is 35.5 Å². The Labute approximate surface area is 211 Å². The lowest BCUT2D eigenvalue weighted by Crippen LogP contribution is -2.66. The molecule has 0 aromatic carbocycles. The van der Waals surface area contributed by atoms with Gasteiger partial charge >= 0.3 is 0 Å². The highest BCUT2D eigenvalue weighted by molar-refractivity contribution is 4.96. The third-order valence-electron chi connectivity index (χ3n) is 7.17. The van der Waals surface area contributed by atoms with Crippen LogP contribution in [0.3, 0.4) is 0 Å². The molecule has 0 radical (unpaired) electrons. The first-order chi connectivity index (χ1) is 17.1. The van der Waals surface area contributed by atoms with Crippen LogP contribution in [0.15, 0.2) is 0 Å². The maximum absolute atomic E-state index is 11.2. The SMILES string of the molecule is COC1OC(C)C(O)C(OC2OC(C)C(O)C(OC3OC(C)C(OC)C(OC)C3OC)C2O)C1OC. The van der Waals surface area contributed by atoms with Gasteiger partial charge in [0.15, 0.2) is 18.9 Å². The predicted octanol–water partition coefficient (Wildman–Crippen LogP) is -1.22. The minimum atomic E-state index is -1.46. The topological polar surface area (TPSA) is 153 Å². The van der Waals surface area contributed by atoms with Gasteiger partial charge in [-0.15, -0.1) is 0 Å². The molecule has 0 bridgehead atoms. The largest absolute Gasteiger partial charge is 0.388 e. The molecule has 15 atom stereocenters. The van der Waals surface area contributed by atoms with E-state index in [1.165, 1.54) is 28.4 Å². The van der Waals surface area contributed by atoms with Crippen LogP contribution in [0.5, 0.6) is 0 Å². The number of hydrogen-bond donors (Lipinski definition) is 3. The Balaban J connectivity index is 1.79. The van der Waals surface area contributed by atoms with E-state index in [-0.39, 0.29) is 0 Å². The monoisotopic (exact) mass is 526 g/mol. The molecule has 3 heterocycles. The fraction of sp³-hybridized carbons (Fsp3) is 1.00. The average molecular weight is 527 g/mol. The summed E-state index contributed by atoms with van der Waals surface area (Å²) in [6, 6.07) is 0. The number of aliphatic hydroxyl groups excluding tert-OH is 3. The van der Waals surface area contributed by atoms with Gasteiger partial charge in [0.1, 0.15) is 54.9 Å². The summed E-state index contributed by atoms with van der Waals surface area (Å²) < 4.78 is 57.0. The zero-order valence-electron chi connectivity index (χ0n) is 22.1. The van der Waals surface area contributed by atoms with E-state index in [9.17, 15) is 15.3 Å². The second kappa shape index (κ2) is 13.0. The molecule has 0 aromatic heterocycles. The standard InChI is InChI=1S/C23H42O13/c1-9-12(24)16(35-23-20(30-7)18(28-5)15(27-4)11(3)34-23)14(26)21(32-9)36-17-13(25)10(2)33-22(31-8)19(17)29-6/h9-26H,1-8H3. The molecule has 13 heteroatoms. The Morgan fingerprint density at radius 3 is 1.39 bits per heavy atom. The zero-order chi connectivity index (χ0) is 26.7. The van der Waals surface area contributed by atoms with Gasteiger partial charge in [0.25, 0.3) is 0 Å². The van der Waals surface area contributed by atoms with Crippen molar-refractivity contribution in [1.29, 1.82) is 0 Å². The highest BCUT2D eigenvalue weighted by atomic mass is 16.8. The van der Waals surface area contributed by atoms with E-state index in [4.69, 9.17) is 47.4 Å². The highest BCUT2D eigenvalue weighted by Crippen LogP contribution is 2.34. The minimum Gasteiger partial charge on any atom is -0.388 e. The van der Waals surface area contributed by atoms with Crippen molar-refractivity contribution < 1.29 is 62.7 Å². The van der Waals surface area contributed by atoms with Crippen LogP contribution in [0.1, 0.15) is 20.8 Å². The molecule has 0 aliphatic carbocycles. The first kappa shape index (κ1) is 30.0. The zero-order valence-corrected chi connectivity index (χ0v) is 22.1. The number of hydrogen-bond acceptors (Lipinski definition) is 13. The summed E-state index contributed by atoms with van der Waals surface area (Å²) in [5.41, 5.74) is 0. The molecule has 13 nitrogen and oxygen atoms in total. The van der Waals surface area contributed by atoms with E-state index in [1.54, 1.807) is 27.9 Å². The maximum Gasteiger partial charge on any atom is 0.187 e. The number of rotatable bonds is 9. The quantitative estimate of drug-likeness (QED) is 0.329. The van der Waals surface area contributed by atoms with Gasteiger partial charge < -0.3 is 62.7 Å². The third kappa shape index (κ3) is 5.88. The van der Waals surface area contributed by atoms with E-state index in [0.29, 0.717) is 0 Å². The van der Waals surface area contributed by atoms with Crippen molar-refractivity contribution >= 4 is 0 Å².